The van der Waals surface area contributed by atoms with Gasteiger partial charge in [0, 0.05) is 11.1 Å². The zero-order valence-electron chi connectivity index (χ0n) is 14.4. The molecule has 1 N–H and O–H groups in total. The Kier molecular flexibility index (Phi) is 4.66. The Morgan fingerprint density at radius 1 is 1.33 bits per heavy atom. The summed E-state index contributed by atoms with van der Waals surface area (Å²) in [6.07, 6.45) is 2.87. The van der Waals surface area contributed by atoms with Crippen molar-refractivity contribution in [3.8, 4) is 0 Å². The maximum Gasteiger partial charge on any atom is 0.261 e. The molecule has 3 aromatic heterocycles. The number of aromatic nitrogens is 3. The molecule has 5 nitrogen and oxygen atoms in total. The van der Waals surface area contributed by atoms with Crippen LogP contribution in [-0.4, -0.2) is 20.5 Å². The first-order valence-corrected chi connectivity index (χ1v) is 9.02. The molecule has 1 atom stereocenters. The average molecular weight is 342 g/mol. The molecular formula is C18H22N4OS. The number of thiophene rings is 1. The predicted octanol–water partition coefficient (Wildman–Crippen LogP) is 3.79. The first-order valence-electron chi connectivity index (χ1n) is 8.21. The van der Waals surface area contributed by atoms with Crippen LogP contribution in [0, 0.1) is 12.8 Å². The predicted molar refractivity (Wildman–Crippen MR) is 96.5 cm³/mol. The molecule has 0 bridgehead atoms. The highest BCUT2D eigenvalue weighted by atomic mass is 32.1. The topological polar surface area (TPSA) is 59.3 Å². The van der Waals surface area contributed by atoms with E-state index in [2.05, 4.69) is 43.2 Å². The first kappa shape index (κ1) is 16.6. The van der Waals surface area contributed by atoms with Crippen molar-refractivity contribution in [2.45, 2.75) is 40.2 Å². The van der Waals surface area contributed by atoms with Gasteiger partial charge in [0.05, 0.1) is 10.9 Å². The quantitative estimate of drug-likeness (QED) is 0.767. The van der Waals surface area contributed by atoms with Crippen LogP contribution in [0.5, 0.6) is 0 Å². The number of fused-ring (bicyclic) bond motifs is 1. The van der Waals surface area contributed by atoms with E-state index in [1.165, 1.54) is 10.4 Å². The third-order valence-electron chi connectivity index (χ3n) is 4.20. The van der Waals surface area contributed by atoms with Crippen molar-refractivity contribution in [1.82, 2.24) is 19.9 Å². The van der Waals surface area contributed by atoms with Gasteiger partial charge in [-0.25, -0.2) is 0 Å². The van der Waals surface area contributed by atoms with Gasteiger partial charge in [-0.05, 0) is 43.0 Å². The number of aryl methyl sites for hydroxylation is 2. The van der Waals surface area contributed by atoms with Crippen LogP contribution in [0.1, 0.15) is 52.7 Å². The summed E-state index contributed by atoms with van der Waals surface area (Å²) in [7, 11) is 0. The lowest BCUT2D eigenvalue weighted by atomic mass is 10.0. The van der Waals surface area contributed by atoms with Crippen LogP contribution in [0.2, 0.25) is 0 Å². The molecule has 6 heteroatoms. The summed E-state index contributed by atoms with van der Waals surface area (Å²) in [6, 6.07) is 7.58. The lowest BCUT2D eigenvalue weighted by Crippen LogP contribution is -2.32. The van der Waals surface area contributed by atoms with Gasteiger partial charge >= 0.3 is 0 Å². The molecule has 0 fully saturated rings. The Balaban J connectivity index is 1.90. The average Bonchev–Trinajstić information content (AvgIpc) is 3.15. The largest absolute Gasteiger partial charge is 0.341 e. The zero-order valence-corrected chi connectivity index (χ0v) is 15.2. The molecule has 0 aliphatic carbocycles. The number of nitrogens with zero attached hydrogens (tertiary/aromatic N) is 3. The molecule has 0 aliphatic rings. The van der Waals surface area contributed by atoms with Gasteiger partial charge < -0.3 is 5.32 Å². The fourth-order valence-electron chi connectivity index (χ4n) is 2.80. The Morgan fingerprint density at radius 2 is 2.12 bits per heavy atom. The van der Waals surface area contributed by atoms with E-state index < -0.39 is 0 Å². The van der Waals surface area contributed by atoms with Crippen LogP contribution in [0.3, 0.4) is 0 Å². The first-order chi connectivity index (χ1) is 11.5. The van der Waals surface area contributed by atoms with Crippen LogP contribution in [0.4, 0.5) is 0 Å². The van der Waals surface area contributed by atoms with Crippen LogP contribution >= 0.6 is 11.3 Å². The van der Waals surface area contributed by atoms with E-state index in [9.17, 15) is 4.79 Å². The summed E-state index contributed by atoms with van der Waals surface area (Å²) in [5.74, 6) is 0.917. The molecule has 1 unspecified atom stereocenters. The molecule has 0 saturated heterocycles. The van der Waals surface area contributed by atoms with Crippen molar-refractivity contribution in [2.75, 3.05) is 0 Å². The maximum absolute atomic E-state index is 12.7. The molecule has 1 amide bonds. The second-order valence-corrected chi connectivity index (χ2v) is 7.48. The molecule has 24 heavy (non-hydrogen) atoms. The van der Waals surface area contributed by atoms with E-state index in [1.54, 1.807) is 11.3 Å². The van der Waals surface area contributed by atoms with Gasteiger partial charge in [-0.3, -0.25) is 9.20 Å². The van der Waals surface area contributed by atoms with Gasteiger partial charge in [-0.2, -0.15) is 0 Å². The smallest absolute Gasteiger partial charge is 0.261 e. The minimum Gasteiger partial charge on any atom is -0.341 e. The summed E-state index contributed by atoms with van der Waals surface area (Å²) in [4.78, 5) is 14.7. The van der Waals surface area contributed by atoms with Gasteiger partial charge in [0.1, 0.15) is 0 Å². The number of carbonyl (C=O) groups excluding carboxylic acids is 1. The molecular weight excluding hydrogens is 320 g/mol. The molecule has 0 aromatic carbocycles. The molecule has 0 spiro atoms. The molecule has 0 aliphatic heterocycles. The molecule has 0 saturated carbocycles. The van der Waals surface area contributed by atoms with E-state index in [0.717, 1.165) is 22.8 Å². The lowest BCUT2D eigenvalue weighted by Gasteiger charge is -2.20. The van der Waals surface area contributed by atoms with Crippen molar-refractivity contribution >= 4 is 22.9 Å². The van der Waals surface area contributed by atoms with Crippen molar-refractivity contribution in [3.05, 3.63) is 51.6 Å². The molecule has 3 rings (SSSR count). The van der Waals surface area contributed by atoms with E-state index in [4.69, 9.17) is 0 Å². The number of rotatable bonds is 5. The Bertz CT molecular complexity index is 865. The number of nitrogens with one attached hydrogen (secondary N) is 1. The van der Waals surface area contributed by atoms with Gasteiger partial charge in [-0.15, -0.1) is 21.5 Å². The number of pyridine rings is 1. The Hall–Kier alpha value is -2.21. The van der Waals surface area contributed by atoms with Gasteiger partial charge in [0.2, 0.25) is 0 Å². The highest BCUT2D eigenvalue weighted by molar-refractivity contribution is 7.14. The van der Waals surface area contributed by atoms with Crippen molar-refractivity contribution < 1.29 is 4.79 Å². The Morgan fingerprint density at radius 3 is 2.79 bits per heavy atom. The number of hydrogen-bond donors (Lipinski definition) is 1. The van der Waals surface area contributed by atoms with Crippen LogP contribution < -0.4 is 5.32 Å². The van der Waals surface area contributed by atoms with Gasteiger partial charge in [-0.1, -0.05) is 26.8 Å². The lowest BCUT2D eigenvalue weighted by molar-refractivity contribution is 0.0927. The summed E-state index contributed by atoms with van der Waals surface area (Å²) in [6.45, 7) is 8.32. The molecule has 126 valence electrons. The van der Waals surface area contributed by atoms with E-state index in [1.807, 2.05) is 34.9 Å². The fraction of sp³-hybridized carbons (Fsp3) is 0.389. The van der Waals surface area contributed by atoms with Crippen molar-refractivity contribution in [1.29, 1.82) is 0 Å². The molecule has 3 heterocycles. The number of amides is 1. The number of hydrogen-bond acceptors (Lipinski definition) is 4. The van der Waals surface area contributed by atoms with Crippen LogP contribution in [0.25, 0.3) is 5.65 Å². The summed E-state index contributed by atoms with van der Waals surface area (Å²) in [5, 5.41) is 11.6. The second kappa shape index (κ2) is 6.73. The standard InChI is InChI=1S/C18H22N4OS/c1-5-13-10-14(24-12(13)4)18(23)19-16(11(2)3)17-21-20-15-8-6-7-9-22(15)17/h6-11,16H,5H2,1-4H3,(H,19,23). The molecule has 3 aromatic rings. The maximum atomic E-state index is 12.7. The zero-order chi connectivity index (χ0) is 17.3. The summed E-state index contributed by atoms with van der Waals surface area (Å²) >= 11 is 1.55. The monoisotopic (exact) mass is 342 g/mol. The fourth-order valence-corrected chi connectivity index (χ4v) is 3.81. The van der Waals surface area contributed by atoms with E-state index >= 15 is 0 Å². The van der Waals surface area contributed by atoms with Crippen LogP contribution in [-0.2, 0) is 6.42 Å². The Labute approximate surface area is 145 Å². The summed E-state index contributed by atoms with van der Waals surface area (Å²) < 4.78 is 1.93. The highest BCUT2D eigenvalue weighted by Crippen LogP contribution is 2.25. The molecule has 0 radical (unpaired) electrons. The normalized spacial score (nSPS) is 12.7. The van der Waals surface area contributed by atoms with Crippen LogP contribution in [0.15, 0.2) is 30.5 Å². The second-order valence-electron chi connectivity index (χ2n) is 6.23. The van der Waals surface area contributed by atoms with Gasteiger partial charge in [0.25, 0.3) is 5.91 Å². The minimum absolute atomic E-state index is 0.0471. The number of carbonyl (C=O) groups is 1. The van der Waals surface area contributed by atoms with Gasteiger partial charge in [0.15, 0.2) is 11.5 Å². The minimum atomic E-state index is -0.192. The third-order valence-corrected chi connectivity index (χ3v) is 5.29. The third kappa shape index (κ3) is 3.06. The van der Waals surface area contributed by atoms with E-state index in [-0.39, 0.29) is 17.9 Å². The summed E-state index contributed by atoms with van der Waals surface area (Å²) in [5.41, 5.74) is 2.02. The van der Waals surface area contributed by atoms with Crippen molar-refractivity contribution in [3.63, 3.8) is 0 Å². The highest BCUT2D eigenvalue weighted by Gasteiger charge is 2.25. The van der Waals surface area contributed by atoms with Crippen molar-refractivity contribution in [2.24, 2.45) is 5.92 Å². The SMILES string of the molecule is CCc1cc(C(=O)NC(c2nnc3ccccn23)C(C)C)sc1C. The van der Waals surface area contributed by atoms with E-state index in [0.29, 0.717) is 0 Å².